The first-order valence-corrected chi connectivity index (χ1v) is 10.5. The molecule has 2 heterocycles. The van der Waals surface area contributed by atoms with Crippen molar-refractivity contribution in [2.75, 3.05) is 5.32 Å². The van der Waals surface area contributed by atoms with Gasteiger partial charge in [0.15, 0.2) is 11.3 Å². The van der Waals surface area contributed by atoms with E-state index in [0.717, 1.165) is 33.4 Å². The first-order valence-electron chi connectivity index (χ1n) is 10.1. The van der Waals surface area contributed by atoms with E-state index in [1.165, 1.54) is 0 Å². The SMILES string of the molecule is Cc1ccc(-c2ccc(C(=O)Nc3cccc(-c4nc5ccccc5o4)c3C)o2)cc1Cl. The molecule has 0 spiro atoms. The van der Waals surface area contributed by atoms with Gasteiger partial charge in [0.2, 0.25) is 5.89 Å². The fourth-order valence-corrected chi connectivity index (χ4v) is 3.72. The van der Waals surface area contributed by atoms with E-state index in [-0.39, 0.29) is 11.7 Å². The molecule has 0 aliphatic rings. The third-order valence-electron chi connectivity index (χ3n) is 5.39. The van der Waals surface area contributed by atoms with Crippen molar-refractivity contribution in [1.29, 1.82) is 0 Å². The molecule has 0 aliphatic carbocycles. The standard InChI is InChI=1S/C26H19ClN2O3/c1-15-10-11-17(14-19(15)27)22-12-13-24(31-22)25(30)28-20-8-5-6-18(16(20)2)26-29-21-7-3-4-9-23(21)32-26/h3-14H,1-2H3,(H,28,30). The number of fused-ring (bicyclic) bond motifs is 1. The van der Waals surface area contributed by atoms with Crippen molar-refractivity contribution >= 4 is 34.3 Å². The van der Waals surface area contributed by atoms with E-state index in [4.69, 9.17) is 20.4 Å². The quantitative estimate of drug-likeness (QED) is 0.317. The van der Waals surface area contributed by atoms with Gasteiger partial charge in [-0.1, -0.05) is 41.9 Å². The number of halogens is 1. The number of nitrogens with one attached hydrogen (secondary N) is 1. The normalized spacial score (nSPS) is 11.1. The van der Waals surface area contributed by atoms with Crippen molar-refractivity contribution in [3.63, 3.8) is 0 Å². The minimum atomic E-state index is -0.340. The maximum Gasteiger partial charge on any atom is 0.291 e. The van der Waals surface area contributed by atoms with Gasteiger partial charge in [0.25, 0.3) is 5.91 Å². The molecule has 6 heteroatoms. The minimum absolute atomic E-state index is 0.211. The number of carbonyl (C=O) groups is 1. The van der Waals surface area contributed by atoms with Gasteiger partial charge in [-0.25, -0.2) is 4.98 Å². The molecule has 0 fully saturated rings. The summed E-state index contributed by atoms with van der Waals surface area (Å²) in [5.41, 5.74) is 5.62. The Hall–Kier alpha value is -3.83. The lowest BCUT2D eigenvalue weighted by Crippen LogP contribution is -2.12. The van der Waals surface area contributed by atoms with Crippen LogP contribution in [0.15, 0.2) is 81.6 Å². The molecule has 1 amide bonds. The Kier molecular flexibility index (Phi) is 5.04. The molecule has 5 rings (SSSR count). The number of aromatic nitrogens is 1. The molecule has 5 aromatic rings. The van der Waals surface area contributed by atoms with Crippen molar-refractivity contribution in [3.05, 3.63) is 94.7 Å². The number of furan rings is 1. The molecule has 1 N–H and O–H groups in total. The smallest absolute Gasteiger partial charge is 0.291 e. The van der Waals surface area contributed by atoms with Gasteiger partial charge < -0.3 is 14.2 Å². The number of amides is 1. The molecular formula is C26H19ClN2O3. The monoisotopic (exact) mass is 442 g/mol. The Morgan fingerprint density at radius 3 is 2.59 bits per heavy atom. The number of hydrogen-bond donors (Lipinski definition) is 1. The number of rotatable bonds is 4. The van der Waals surface area contributed by atoms with Crippen LogP contribution in [0.4, 0.5) is 5.69 Å². The summed E-state index contributed by atoms with van der Waals surface area (Å²) in [4.78, 5) is 17.4. The second-order valence-corrected chi connectivity index (χ2v) is 7.95. The lowest BCUT2D eigenvalue weighted by Gasteiger charge is -2.10. The van der Waals surface area contributed by atoms with Crippen LogP contribution in [0.1, 0.15) is 21.7 Å². The third-order valence-corrected chi connectivity index (χ3v) is 5.80. The van der Waals surface area contributed by atoms with Crippen molar-refractivity contribution in [2.24, 2.45) is 0 Å². The van der Waals surface area contributed by atoms with Gasteiger partial charge in [0.1, 0.15) is 11.3 Å². The predicted octanol–water partition coefficient (Wildman–Crippen LogP) is 7.28. The molecule has 0 bridgehead atoms. The highest BCUT2D eigenvalue weighted by Crippen LogP contribution is 2.31. The number of nitrogens with zero attached hydrogens (tertiary/aromatic N) is 1. The van der Waals surface area contributed by atoms with E-state index in [0.29, 0.717) is 22.4 Å². The number of carbonyl (C=O) groups excluding carboxylic acids is 1. The topological polar surface area (TPSA) is 68.3 Å². The number of oxazole rings is 1. The van der Waals surface area contributed by atoms with Gasteiger partial charge >= 0.3 is 0 Å². The molecule has 158 valence electrons. The van der Waals surface area contributed by atoms with Crippen LogP contribution >= 0.6 is 11.6 Å². The van der Waals surface area contributed by atoms with Crippen LogP contribution in [0.2, 0.25) is 5.02 Å². The molecule has 3 aromatic carbocycles. The van der Waals surface area contributed by atoms with Crippen LogP contribution in [-0.4, -0.2) is 10.9 Å². The Balaban J connectivity index is 1.41. The number of benzene rings is 3. The molecule has 5 nitrogen and oxygen atoms in total. The van der Waals surface area contributed by atoms with E-state index < -0.39 is 0 Å². The summed E-state index contributed by atoms with van der Waals surface area (Å²) in [5, 5.41) is 3.58. The summed E-state index contributed by atoms with van der Waals surface area (Å²) >= 11 is 6.22. The highest BCUT2D eigenvalue weighted by Gasteiger charge is 2.17. The summed E-state index contributed by atoms with van der Waals surface area (Å²) in [5.74, 6) is 0.959. The van der Waals surface area contributed by atoms with Crippen molar-refractivity contribution < 1.29 is 13.6 Å². The van der Waals surface area contributed by atoms with Gasteiger partial charge in [-0.3, -0.25) is 4.79 Å². The zero-order chi connectivity index (χ0) is 22.2. The molecule has 0 saturated heterocycles. The van der Waals surface area contributed by atoms with E-state index in [1.54, 1.807) is 12.1 Å². The maximum absolute atomic E-state index is 12.9. The first-order chi connectivity index (χ1) is 15.5. The highest BCUT2D eigenvalue weighted by atomic mass is 35.5. The van der Waals surface area contributed by atoms with Crippen LogP contribution in [-0.2, 0) is 0 Å². The second-order valence-electron chi connectivity index (χ2n) is 7.55. The molecule has 2 aromatic heterocycles. The molecule has 0 atom stereocenters. The van der Waals surface area contributed by atoms with Gasteiger partial charge in [-0.05, 0) is 67.4 Å². The number of hydrogen-bond acceptors (Lipinski definition) is 4. The molecule has 0 radical (unpaired) electrons. The Bertz CT molecular complexity index is 1430. The predicted molar refractivity (Wildman–Crippen MR) is 126 cm³/mol. The minimum Gasteiger partial charge on any atom is -0.451 e. The summed E-state index contributed by atoms with van der Waals surface area (Å²) < 4.78 is 11.7. The van der Waals surface area contributed by atoms with Crippen molar-refractivity contribution in [3.8, 4) is 22.8 Å². The molecule has 0 aliphatic heterocycles. The zero-order valence-corrected chi connectivity index (χ0v) is 18.2. The lowest BCUT2D eigenvalue weighted by atomic mass is 10.1. The summed E-state index contributed by atoms with van der Waals surface area (Å²) in [7, 11) is 0. The highest BCUT2D eigenvalue weighted by molar-refractivity contribution is 6.31. The summed E-state index contributed by atoms with van der Waals surface area (Å²) in [6.07, 6.45) is 0. The first kappa shape index (κ1) is 20.1. The molecule has 0 unspecified atom stereocenters. The Labute approximate surface area is 189 Å². The number of para-hydroxylation sites is 2. The average molecular weight is 443 g/mol. The van der Waals surface area contributed by atoms with Crippen LogP contribution in [0.3, 0.4) is 0 Å². The number of anilines is 1. The van der Waals surface area contributed by atoms with Crippen LogP contribution in [0.25, 0.3) is 33.9 Å². The second kappa shape index (κ2) is 8.02. The third kappa shape index (κ3) is 3.67. The number of aryl methyl sites for hydroxylation is 1. The Morgan fingerprint density at radius 1 is 0.938 bits per heavy atom. The van der Waals surface area contributed by atoms with Crippen molar-refractivity contribution in [2.45, 2.75) is 13.8 Å². The average Bonchev–Trinajstić information content (AvgIpc) is 3.44. The molecule has 0 saturated carbocycles. The van der Waals surface area contributed by atoms with E-state index in [2.05, 4.69) is 10.3 Å². The van der Waals surface area contributed by atoms with Crippen LogP contribution < -0.4 is 5.32 Å². The van der Waals surface area contributed by atoms with E-state index in [9.17, 15) is 4.79 Å². The van der Waals surface area contributed by atoms with E-state index in [1.807, 2.05) is 74.5 Å². The summed E-state index contributed by atoms with van der Waals surface area (Å²) in [6, 6.07) is 22.3. The summed E-state index contributed by atoms with van der Waals surface area (Å²) in [6.45, 7) is 3.85. The van der Waals surface area contributed by atoms with Crippen molar-refractivity contribution in [1.82, 2.24) is 4.98 Å². The van der Waals surface area contributed by atoms with Crippen LogP contribution in [0, 0.1) is 13.8 Å². The van der Waals surface area contributed by atoms with E-state index >= 15 is 0 Å². The molecular weight excluding hydrogens is 424 g/mol. The fraction of sp³-hybridized carbons (Fsp3) is 0.0769. The van der Waals surface area contributed by atoms with Gasteiger partial charge in [-0.2, -0.15) is 0 Å². The molecule has 32 heavy (non-hydrogen) atoms. The largest absolute Gasteiger partial charge is 0.451 e. The van der Waals surface area contributed by atoms with Crippen LogP contribution in [0.5, 0.6) is 0 Å². The fourth-order valence-electron chi connectivity index (χ4n) is 3.54. The lowest BCUT2D eigenvalue weighted by molar-refractivity contribution is 0.0997. The maximum atomic E-state index is 12.9. The van der Waals surface area contributed by atoms with Gasteiger partial charge in [-0.15, -0.1) is 0 Å². The van der Waals surface area contributed by atoms with Gasteiger partial charge in [0.05, 0.1) is 0 Å². The Morgan fingerprint density at radius 2 is 1.78 bits per heavy atom. The van der Waals surface area contributed by atoms with Gasteiger partial charge in [0, 0.05) is 21.8 Å². The zero-order valence-electron chi connectivity index (χ0n) is 17.5.